The molecule has 0 saturated heterocycles. The molecule has 3 rings (SSSR count). The van der Waals surface area contributed by atoms with Crippen molar-refractivity contribution >= 4 is 33.5 Å². The molecule has 0 saturated carbocycles. The van der Waals surface area contributed by atoms with E-state index in [2.05, 4.69) is 36.4 Å². The largest absolute Gasteiger partial charge is 0.488 e. The molecule has 3 aromatic rings. The summed E-state index contributed by atoms with van der Waals surface area (Å²) in [6, 6.07) is 10.2. The Morgan fingerprint density at radius 3 is 2.92 bits per heavy atom. The zero-order chi connectivity index (χ0) is 16.9. The number of hydrogen-bond acceptors (Lipinski definition) is 4. The van der Waals surface area contributed by atoms with E-state index in [1.165, 1.54) is 12.4 Å². The van der Waals surface area contributed by atoms with E-state index in [9.17, 15) is 4.39 Å². The number of anilines is 1. The van der Waals surface area contributed by atoms with Crippen LogP contribution in [0.15, 0.2) is 47.2 Å². The van der Waals surface area contributed by atoms with Crippen molar-refractivity contribution in [2.45, 2.75) is 13.2 Å². The number of hydrogen-bond donors (Lipinski definition) is 2. The lowest BCUT2D eigenvalue weighted by Crippen LogP contribution is -2.06. The molecule has 0 fully saturated rings. The predicted molar refractivity (Wildman–Crippen MR) is 93.6 cm³/mol. The first-order valence-corrected chi connectivity index (χ1v) is 8.24. The van der Waals surface area contributed by atoms with Gasteiger partial charge in [-0.2, -0.15) is 5.10 Å². The fourth-order valence-electron chi connectivity index (χ4n) is 2.12. The van der Waals surface area contributed by atoms with E-state index in [4.69, 9.17) is 16.3 Å². The molecule has 1 heterocycles. The van der Waals surface area contributed by atoms with Gasteiger partial charge in [0.25, 0.3) is 0 Å². The van der Waals surface area contributed by atoms with E-state index in [0.29, 0.717) is 28.8 Å². The number of aromatic nitrogens is 3. The van der Waals surface area contributed by atoms with E-state index in [1.807, 2.05) is 18.2 Å². The van der Waals surface area contributed by atoms with Gasteiger partial charge >= 0.3 is 0 Å². The molecule has 2 aromatic carbocycles. The third-order valence-corrected chi connectivity index (χ3v) is 4.16. The van der Waals surface area contributed by atoms with Crippen molar-refractivity contribution in [2.75, 3.05) is 5.32 Å². The number of ether oxygens (including phenoxy) is 1. The first kappa shape index (κ1) is 16.7. The molecule has 0 unspecified atom stereocenters. The summed E-state index contributed by atoms with van der Waals surface area (Å²) in [5, 5.41) is 9.94. The quantitative estimate of drug-likeness (QED) is 0.624. The molecule has 0 aliphatic heterocycles. The van der Waals surface area contributed by atoms with Gasteiger partial charge in [0.15, 0.2) is 0 Å². The number of nitrogens with one attached hydrogen (secondary N) is 2. The summed E-state index contributed by atoms with van der Waals surface area (Å²) in [5.74, 6) is 0.795. The average Bonchev–Trinajstić information content (AvgIpc) is 3.07. The Morgan fingerprint density at radius 1 is 1.29 bits per heavy atom. The van der Waals surface area contributed by atoms with Gasteiger partial charge in [-0.25, -0.2) is 14.5 Å². The minimum Gasteiger partial charge on any atom is -0.488 e. The van der Waals surface area contributed by atoms with Gasteiger partial charge in [-0.15, -0.1) is 0 Å². The number of H-pyrrole nitrogens is 1. The topological polar surface area (TPSA) is 62.8 Å². The molecule has 0 bridgehead atoms. The normalized spacial score (nSPS) is 10.6. The van der Waals surface area contributed by atoms with Gasteiger partial charge in [0.05, 0.1) is 5.02 Å². The van der Waals surface area contributed by atoms with E-state index in [1.54, 1.807) is 12.1 Å². The van der Waals surface area contributed by atoms with E-state index < -0.39 is 0 Å². The molecule has 0 amide bonds. The highest BCUT2D eigenvalue weighted by molar-refractivity contribution is 9.10. The second-order valence-electron chi connectivity index (χ2n) is 4.93. The fraction of sp³-hybridized carbons (Fsp3) is 0.125. The number of benzene rings is 2. The highest BCUT2D eigenvalue weighted by atomic mass is 79.9. The SMILES string of the molecule is Fc1cccc(Cl)c1COc1ccc(Br)cc1CNc1ncn[nH]1. The number of nitrogens with zero attached hydrogens (tertiary/aromatic N) is 2. The Hall–Kier alpha value is -2.12. The lowest BCUT2D eigenvalue weighted by Gasteiger charge is -2.13. The van der Waals surface area contributed by atoms with Crippen molar-refractivity contribution in [3.05, 3.63) is 69.2 Å². The predicted octanol–water partition coefficient (Wildman–Crippen LogP) is 4.55. The highest BCUT2D eigenvalue weighted by Crippen LogP contribution is 2.26. The fourth-order valence-corrected chi connectivity index (χ4v) is 2.74. The minimum absolute atomic E-state index is 0.0441. The molecule has 2 N–H and O–H groups in total. The zero-order valence-corrected chi connectivity index (χ0v) is 14.7. The molecule has 1 aromatic heterocycles. The summed E-state index contributed by atoms with van der Waals surface area (Å²) in [6.45, 7) is 0.511. The maximum Gasteiger partial charge on any atom is 0.218 e. The third-order valence-electron chi connectivity index (χ3n) is 3.32. The molecular weight excluding hydrogens is 399 g/mol. The van der Waals surface area contributed by atoms with Gasteiger partial charge in [-0.1, -0.05) is 33.6 Å². The summed E-state index contributed by atoms with van der Waals surface area (Å²) in [4.78, 5) is 4.00. The van der Waals surface area contributed by atoms with Crippen LogP contribution in [0.5, 0.6) is 5.75 Å². The molecule has 8 heteroatoms. The Labute approximate surface area is 151 Å². The maximum absolute atomic E-state index is 13.8. The number of rotatable bonds is 6. The van der Waals surface area contributed by atoms with Crippen LogP contribution in [0.3, 0.4) is 0 Å². The van der Waals surface area contributed by atoms with Gasteiger partial charge in [0.1, 0.15) is 24.5 Å². The van der Waals surface area contributed by atoms with E-state index >= 15 is 0 Å². The van der Waals surface area contributed by atoms with Crippen LogP contribution in [-0.2, 0) is 13.2 Å². The van der Waals surface area contributed by atoms with Crippen molar-refractivity contribution in [2.24, 2.45) is 0 Å². The van der Waals surface area contributed by atoms with Crippen LogP contribution in [0.25, 0.3) is 0 Å². The summed E-state index contributed by atoms with van der Waals surface area (Å²) in [6.07, 6.45) is 1.42. The van der Waals surface area contributed by atoms with Gasteiger partial charge in [0, 0.05) is 22.1 Å². The Balaban J connectivity index is 1.75. The summed E-state index contributed by atoms with van der Waals surface area (Å²) in [7, 11) is 0. The highest BCUT2D eigenvalue weighted by Gasteiger charge is 2.10. The van der Waals surface area contributed by atoms with Crippen LogP contribution in [0.4, 0.5) is 10.3 Å². The molecule has 0 radical (unpaired) electrons. The van der Waals surface area contributed by atoms with Gasteiger partial charge in [-0.3, -0.25) is 0 Å². The van der Waals surface area contributed by atoms with Crippen LogP contribution in [-0.4, -0.2) is 15.2 Å². The minimum atomic E-state index is -0.388. The average molecular weight is 412 g/mol. The monoisotopic (exact) mass is 410 g/mol. The van der Waals surface area contributed by atoms with Crippen LogP contribution >= 0.6 is 27.5 Å². The molecular formula is C16H13BrClFN4O. The molecule has 5 nitrogen and oxygen atoms in total. The standard InChI is InChI=1S/C16H13BrClFN4O/c17-11-4-5-15(10(6-11)7-20-16-21-9-22-23-16)24-8-12-13(18)2-1-3-14(12)19/h1-6,9H,7-8H2,(H2,20,21,22,23). The lowest BCUT2D eigenvalue weighted by atomic mass is 10.2. The number of aromatic amines is 1. The Morgan fingerprint density at radius 2 is 2.17 bits per heavy atom. The Kier molecular flexibility index (Phi) is 5.32. The zero-order valence-electron chi connectivity index (χ0n) is 12.4. The second-order valence-corrected chi connectivity index (χ2v) is 6.25. The molecule has 0 atom stereocenters. The summed E-state index contributed by atoms with van der Waals surface area (Å²) < 4.78 is 20.5. The van der Waals surface area contributed by atoms with Gasteiger partial charge < -0.3 is 10.1 Å². The number of halogens is 3. The second kappa shape index (κ2) is 7.63. The van der Waals surface area contributed by atoms with Crippen molar-refractivity contribution < 1.29 is 9.13 Å². The smallest absolute Gasteiger partial charge is 0.218 e. The molecule has 24 heavy (non-hydrogen) atoms. The van der Waals surface area contributed by atoms with Crippen LogP contribution in [0, 0.1) is 5.82 Å². The first-order chi connectivity index (χ1) is 11.6. The van der Waals surface area contributed by atoms with E-state index in [0.717, 1.165) is 10.0 Å². The molecule has 124 valence electrons. The van der Waals surface area contributed by atoms with Crippen molar-refractivity contribution in [1.29, 1.82) is 0 Å². The van der Waals surface area contributed by atoms with Crippen molar-refractivity contribution in [3.8, 4) is 5.75 Å². The van der Waals surface area contributed by atoms with E-state index in [-0.39, 0.29) is 12.4 Å². The molecule has 0 aliphatic rings. The van der Waals surface area contributed by atoms with Gasteiger partial charge in [-0.05, 0) is 30.3 Å². The Bertz CT molecular complexity index is 809. The maximum atomic E-state index is 13.8. The summed E-state index contributed by atoms with van der Waals surface area (Å²) in [5.41, 5.74) is 1.21. The molecule has 0 aliphatic carbocycles. The van der Waals surface area contributed by atoms with Gasteiger partial charge in [0.2, 0.25) is 5.95 Å². The van der Waals surface area contributed by atoms with Crippen LogP contribution in [0.2, 0.25) is 5.02 Å². The summed E-state index contributed by atoms with van der Waals surface area (Å²) >= 11 is 9.46. The van der Waals surface area contributed by atoms with Crippen molar-refractivity contribution in [1.82, 2.24) is 15.2 Å². The first-order valence-electron chi connectivity index (χ1n) is 7.07. The van der Waals surface area contributed by atoms with Crippen LogP contribution < -0.4 is 10.1 Å². The molecule has 0 spiro atoms. The van der Waals surface area contributed by atoms with Crippen LogP contribution in [0.1, 0.15) is 11.1 Å². The third kappa shape index (κ3) is 4.04. The lowest BCUT2D eigenvalue weighted by molar-refractivity contribution is 0.297. The van der Waals surface area contributed by atoms with Crippen molar-refractivity contribution in [3.63, 3.8) is 0 Å².